The van der Waals surface area contributed by atoms with Crippen molar-refractivity contribution in [2.75, 3.05) is 59.9 Å². The average Bonchev–Trinajstić information content (AvgIpc) is 2.51. The third-order valence-electron chi connectivity index (χ3n) is 6.13. The van der Waals surface area contributed by atoms with E-state index in [4.69, 9.17) is 0 Å². The van der Waals surface area contributed by atoms with Crippen LogP contribution in [0.1, 0.15) is 40.5 Å². The van der Waals surface area contributed by atoms with Crippen LogP contribution in [0.4, 0.5) is 0 Å². The molecule has 24 heavy (non-hydrogen) atoms. The highest BCUT2D eigenvalue weighted by Crippen LogP contribution is 2.46. The topological polar surface area (TPSA) is 34.1 Å². The van der Waals surface area contributed by atoms with Crippen molar-refractivity contribution in [3.05, 3.63) is 0 Å². The van der Waals surface area contributed by atoms with E-state index in [9.17, 15) is 0 Å². The van der Waals surface area contributed by atoms with E-state index in [2.05, 4.69) is 59.8 Å². The maximum Gasteiger partial charge on any atom is 0.194 e. The van der Waals surface area contributed by atoms with E-state index in [1.807, 2.05) is 7.05 Å². The Morgan fingerprint density at radius 2 is 1.67 bits per heavy atom. The largest absolute Gasteiger partial charge is 0.356 e. The lowest BCUT2D eigenvalue weighted by Gasteiger charge is -2.62. The lowest BCUT2D eigenvalue weighted by molar-refractivity contribution is -0.0667. The van der Waals surface area contributed by atoms with Crippen LogP contribution in [-0.4, -0.2) is 86.1 Å². The molecule has 0 saturated carbocycles. The lowest BCUT2D eigenvalue weighted by Crippen LogP contribution is -2.72. The highest BCUT2D eigenvalue weighted by Gasteiger charge is 2.53. The van der Waals surface area contributed by atoms with Crippen LogP contribution in [-0.2, 0) is 0 Å². The molecule has 0 spiro atoms. The molecular formula is C18H38IN5. The number of aliphatic imine (C=N–C) groups is 1. The number of piperazine rings is 1. The van der Waals surface area contributed by atoms with Crippen molar-refractivity contribution in [1.29, 1.82) is 0 Å². The zero-order chi connectivity index (χ0) is 17.1. The van der Waals surface area contributed by atoms with Gasteiger partial charge in [0.05, 0.1) is 0 Å². The Kier molecular flexibility index (Phi) is 8.26. The second kappa shape index (κ2) is 9.03. The molecule has 0 unspecified atom stereocenters. The van der Waals surface area contributed by atoms with E-state index in [1.165, 1.54) is 45.6 Å². The molecule has 0 aromatic rings. The molecule has 2 heterocycles. The van der Waals surface area contributed by atoms with Crippen molar-refractivity contribution in [3.8, 4) is 0 Å². The first kappa shape index (κ1) is 22.0. The summed E-state index contributed by atoms with van der Waals surface area (Å²) in [6.45, 7) is 17.5. The summed E-state index contributed by atoms with van der Waals surface area (Å²) >= 11 is 0. The minimum Gasteiger partial charge on any atom is -0.356 e. The van der Waals surface area contributed by atoms with Gasteiger partial charge in [-0.3, -0.25) is 4.99 Å². The molecule has 0 aromatic heterocycles. The van der Waals surface area contributed by atoms with E-state index >= 15 is 0 Å². The second-order valence-corrected chi connectivity index (χ2v) is 8.36. The van der Waals surface area contributed by atoms with Crippen molar-refractivity contribution >= 4 is 29.9 Å². The molecule has 6 heteroatoms. The van der Waals surface area contributed by atoms with Gasteiger partial charge in [0, 0.05) is 57.3 Å². The first-order valence-corrected chi connectivity index (χ1v) is 9.17. The van der Waals surface area contributed by atoms with Crippen molar-refractivity contribution < 1.29 is 0 Å². The molecule has 0 aliphatic carbocycles. The normalized spacial score (nSPS) is 24.2. The summed E-state index contributed by atoms with van der Waals surface area (Å²) < 4.78 is 0. The van der Waals surface area contributed by atoms with Gasteiger partial charge in [0.25, 0.3) is 0 Å². The van der Waals surface area contributed by atoms with Crippen LogP contribution in [0.3, 0.4) is 0 Å². The van der Waals surface area contributed by atoms with Crippen LogP contribution in [0, 0.1) is 5.41 Å². The number of hydrogen-bond acceptors (Lipinski definition) is 3. The molecule has 0 radical (unpaired) electrons. The first-order valence-electron chi connectivity index (χ1n) is 9.17. The number of rotatable bonds is 5. The van der Waals surface area contributed by atoms with E-state index in [-0.39, 0.29) is 29.5 Å². The van der Waals surface area contributed by atoms with Gasteiger partial charge in [-0.05, 0) is 40.3 Å². The predicted octanol–water partition coefficient (Wildman–Crippen LogP) is 2.33. The Labute approximate surface area is 166 Å². The summed E-state index contributed by atoms with van der Waals surface area (Å²) in [5, 5.41) is 3.56. The summed E-state index contributed by atoms with van der Waals surface area (Å²) in [6, 6.07) is 0. The van der Waals surface area contributed by atoms with Gasteiger partial charge in [0.2, 0.25) is 0 Å². The van der Waals surface area contributed by atoms with Crippen LogP contribution in [0.25, 0.3) is 0 Å². The number of nitrogens with zero attached hydrogens (tertiary/aromatic N) is 4. The molecule has 142 valence electrons. The van der Waals surface area contributed by atoms with E-state index in [0.29, 0.717) is 5.41 Å². The Morgan fingerprint density at radius 1 is 1.04 bits per heavy atom. The highest BCUT2D eigenvalue weighted by molar-refractivity contribution is 14.0. The molecule has 0 amide bonds. The smallest absolute Gasteiger partial charge is 0.194 e. The number of likely N-dealkylation sites (tertiary alicyclic amines) is 1. The summed E-state index contributed by atoms with van der Waals surface area (Å²) in [7, 11) is 4.11. The molecule has 2 rings (SSSR count). The molecule has 5 nitrogen and oxygen atoms in total. The number of nitrogens with one attached hydrogen (secondary N) is 1. The number of unbranched alkanes of at least 4 members (excludes halogenated alkanes) is 1. The van der Waals surface area contributed by atoms with Gasteiger partial charge in [-0.2, -0.15) is 0 Å². The fraction of sp³-hybridized carbons (Fsp3) is 0.944. The molecule has 0 bridgehead atoms. The van der Waals surface area contributed by atoms with Crippen LogP contribution < -0.4 is 5.32 Å². The van der Waals surface area contributed by atoms with Gasteiger partial charge < -0.3 is 20.0 Å². The summed E-state index contributed by atoms with van der Waals surface area (Å²) in [4.78, 5) is 11.9. The fourth-order valence-corrected chi connectivity index (χ4v) is 3.43. The molecule has 0 atom stereocenters. The number of likely N-dealkylation sites (N-methyl/N-ethyl adjacent to an activating group) is 1. The molecule has 2 aliphatic heterocycles. The molecule has 2 aliphatic rings. The Morgan fingerprint density at radius 3 is 2.17 bits per heavy atom. The minimum atomic E-state index is 0. The number of hydrogen-bond donors (Lipinski definition) is 1. The quantitative estimate of drug-likeness (QED) is 0.301. The Hall–Kier alpha value is -0.0800. The van der Waals surface area contributed by atoms with Gasteiger partial charge in [-0.25, -0.2) is 0 Å². The zero-order valence-corrected chi connectivity index (χ0v) is 18.9. The molecule has 1 N–H and O–H groups in total. The van der Waals surface area contributed by atoms with Gasteiger partial charge >= 0.3 is 0 Å². The maximum atomic E-state index is 4.48. The third kappa shape index (κ3) is 4.97. The lowest BCUT2D eigenvalue weighted by atomic mass is 9.65. The fourth-order valence-electron chi connectivity index (χ4n) is 3.43. The number of guanidine groups is 1. The summed E-state index contributed by atoms with van der Waals surface area (Å²) in [6.07, 6.45) is 2.48. The summed E-state index contributed by atoms with van der Waals surface area (Å²) in [5.74, 6) is 1.06. The molecule has 2 saturated heterocycles. The highest BCUT2D eigenvalue weighted by atomic mass is 127. The molecule has 2 fully saturated rings. The zero-order valence-electron chi connectivity index (χ0n) is 16.6. The number of halogens is 1. The minimum absolute atomic E-state index is 0. The van der Waals surface area contributed by atoms with E-state index in [1.54, 1.807) is 0 Å². The van der Waals surface area contributed by atoms with Crippen LogP contribution in [0.5, 0.6) is 0 Å². The van der Waals surface area contributed by atoms with Crippen molar-refractivity contribution in [2.45, 2.75) is 46.1 Å². The van der Waals surface area contributed by atoms with Gasteiger partial charge in [0.1, 0.15) is 0 Å². The first-order chi connectivity index (χ1) is 10.8. The monoisotopic (exact) mass is 451 g/mol. The molecular weight excluding hydrogens is 413 g/mol. The molecule has 0 aromatic carbocycles. The standard InChI is InChI=1S/C18H37N5.HI/c1-17(2)15-23(18(17,3)4)16(19-5)20-9-7-8-10-22-13-11-21(6)12-14-22;/h7-15H2,1-6H3,(H,19,20);1H. The van der Waals surface area contributed by atoms with Gasteiger partial charge in [-0.15, -0.1) is 24.0 Å². The SMILES string of the molecule is CN=C(NCCCCN1CCN(C)CC1)N1CC(C)(C)C1(C)C.I. The van der Waals surface area contributed by atoms with Crippen LogP contribution in [0.15, 0.2) is 4.99 Å². The average molecular weight is 451 g/mol. The second-order valence-electron chi connectivity index (χ2n) is 8.36. The Balaban J connectivity index is 0.00000288. The van der Waals surface area contributed by atoms with Crippen molar-refractivity contribution in [3.63, 3.8) is 0 Å². The van der Waals surface area contributed by atoms with E-state index in [0.717, 1.165) is 19.0 Å². The third-order valence-corrected chi connectivity index (χ3v) is 6.13. The van der Waals surface area contributed by atoms with Crippen LogP contribution in [0.2, 0.25) is 0 Å². The summed E-state index contributed by atoms with van der Waals surface area (Å²) in [5.41, 5.74) is 0.528. The van der Waals surface area contributed by atoms with Crippen molar-refractivity contribution in [2.24, 2.45) is 10.4 Å². The van der Waals surface area contributed by atoms with Crippen molar-refractivity contribution in [1.82, 2.24) is 20.0 Å². The van der Waals surface area contributed by atoms with Gasteiger partial charge in [0.15, 0.2) is 5.96 Å². The Bertz CT molecular complexity index is 414. The predicted molar refractivity (Wildman–Crippen MR) is 115 cm³/mol. The maximum absolute atomic E-state index is 4.48. The van der Waals surface area contributed by atoms with Crippen LogP contribution >= 0.6 is 24.0 Å². The van der Waals surface area contributed by atoms with E-state index < -0.39 is 0 Å². The van der Waals surface area contributed by atoms with Gasteiger partial charge in [-0.1, -0.05) is 13.8 Å².